The fourth-order valence-corrected chi connectivity index (χ4v) is 2.19. The molecular formula is C14H13N2O3S-. The Morgan fingerprint density at radius 3 is 2.15 bits per heavy atom. The van der Waals surface area contributed by atoms with Gasteiger partial charge < -0.3 is 9.87 Å². The van der Waals surface area contributed by atoms with E-state index < -0.39 is 17.2 Å². The fourth-order valence-electron chi connectivity index (χ4n) is 1.68. The molecule has 1 amide bonds. The lowest BCUT2D eigenvalue weighted by Crippen LogP contribution is -2.34. The van der Waals surface area contributed by atoms with E-state index in [1.807, 2.05) is 6.07 Å². The molecule has 0 radical (unpaired) electrons. The molecule has 0 saturated heterocycles. The molecule has 0 aliphatic carbocycles. The number of hydrogen-bond acceptors (Lipinski definition) is 3. The van der Waals surface area contributed by atoms with Crippen LogP contribution in [-0.2, 0) is 16.1 Å². The summed E-state index contributed by atoms with van der Waals surface area (Å²) in [6.07, 6.45) is 0. The number of para-hydroxylation sites is 2. The Morgan fingerprint density at radius 1 is 1.05 bits per heavy atom. The molecule has 1 unspecified atom stereocenters. The first-order valence-corrected chi connectivity index (χ1v) is 6.97. The van der Waals surface area contributed by atoms with Crippen molar-refractivity contribution in [3.05, 3.63) is 60.7 Å². The van der Waals surface area contributed by atoms with Crippen LogP contribution in [0.5, 0.6) is 0 Å². The van der Waals surface area contributed by atoms with Gasteiger partial charge in [0.25, 0.3) is 0 Å². The third-order valence-electron chi connectivity index (χ3n) is 2.57. The lowest BCUT2D eigenvalue weighted by atomic mass is 10.3. The van der Waals surface area contributed by atoms with E-state index in [9.17, 15) is 13.6 Å². The molecule has 0 heterocycles. The van der Waals surface area contributed by atoms with Crippen molar-refractivity contribution < 1.29 is 13.6 Å². The number of hydrogen-bond donors (Lipinski definition) is 1. The average molecular weight is 289 g/mol. The lowest BCUT2D eigenvalue weighted by Gasteiger charge is -2.25. The van der Waals surface area contributed by atoms with Gasteiger partial charge in [-0.3, -0.25) is 13.3 Å². The number of rotatable bonds is 5. The minimum atomic E-state index is -2.51. The predicted molar refractivity (Wildman–Crippen MR) is 77.8 cm³/mol. The second-order valence-corrected chi connectivity index (χ2v) is 4.88. The van der Waals surface area contributed by atoms with Crippen molar-refractivity contribution in [1.29, 1.82) is 0 Å². The topological polar surface area (TPSA) is 72.5 Å². The van der Waals surface area contributed by atoms with Crippen LogP contribution in [0.2, 0.25) is 0 Å². The van der Waals surface area contributed by atoms with Crippen LogP contribution in [0, 0.1) is 0 Å². The van der Waals surface area contributed by atoms with Crippen LogP contribution >= 0.6 is 0 Å². The van der Waals surface area contributed by atoms with E-state index in [0.717, 1.165) is 4.31 Å². The van der Waals surface area contributed by atoms with Gasteiger partial charge in [-0.2, -0.15) is 0 Å². The Balaban J connectivity index is 2.06. The zero-order valence-electron chi connectivity index (χ0n) is 10.6. The normalized spacial score (nSPS) is 11.7. The summed E-state index contributed by atoms with van der Waals surface area (Å²) in [6, 6.07) is 17.3. The van der Waals surface area contributed by atoms with E-state index in [-0.39, 0.29) is 6.54 Å². The maximum atomic E-state index is 11.9. The molecule has 2 aromatic carbocycles. The van der Waals surface area contributed by atoms with Crippen molar-refractivity contribution in [3.63, 3.8) is 0 Å². The predicted octanol–water partition coefficient (Wildman–Crippen LogP) is 1.93. The first-order valence-electron chi connectivity index (χ1n) is 5.93. The highest BCUT2D eigenvalue weighted by Gasteiger charge is 2.12. The molecule has 0 aromatic heterocycles. The highest BCUT2D eigenvalue weighted by molar-refractivity contribution is 7.80. The quantitative estimate of drug-likeness (QED) is 0.855. The van der Waals surface area contributed by atoms with E-state index in [1.165, 1.54) is 0 Å². The molecule has 5 nitrogen and oxygen atoms in total. The molecule has 2 aromatic rings. The Hall–Kier alpha value is -2.18. The van der Waals surface area contributed by atoms with Crippen molar-refractivity contribution >= 4 is 28.5 Å². The van der Waals surface area contributed by atoms with Crippen molar-refractivity contribution in [2.75, 3.05) is 16.2 Å². The summed E-state index contributed by atoms with van der Waals surface area (Å²) in [7, 11) is 0. The van der Waals surface area contributed by atoms with Crippen LogP contribution in [0.1, 0.15) is 0 Å². The SMILES string of the molecule is O=C(CN(c1ccccc1)S(=O)[O-])Nc1ccccc1. The number of benzene rings is 2. The third-order valence-corrected chi connectivity index (χ3v) is 3.27. The molecule has 2 rings (SSSR count). The van der Waals surface area contributed by atoms with Gasteiger partial charge in [-0.1, -0.05) is 36.4 Å². The van der Waals surface area contributed by atoms with Gasteiger partial charge >= 0.3 is 0 Å². The minimum Gasteiger partial charge on any atom is -0.755 e. The van der Waals surface area contributed by atoms with Crippen molar-refractivity contribution in [1.82, 2.24) is 0 Å². The van der Waals surface area contributed by atoms with Gasteiger partial charge in [-0.05, 0) is 24.3 Å². The number of nitrogens with zero attached hydrogens (tertiary/aromatic N) is 1. The van der Waals surface area contributed by atoms with Gasteiger partial charge in [0.15, 0.2) is 0 Å². The van der Waals surface area contributed by atoms with Crippen molar-refractivity contribution in [2.45, 2.75) is 0 Å². The average Bonchev–Trinajstić information content (AvgIpc) is 2.46. The summed E-state index contributed by atoms with van der Waals surface area (Å²) in [5, 5.41) is 2.64. The highest BCUT2D eigenvalue weighted by atomic mass is 32.2. The van der Waals surface area contributed by atoms with Gasteiger partial charge in [0.2, 0.25) is 5.91 Å². The van der Waals surface area contributed by atoms with E-state index in [2.05, 4.69) is 5.32 Å². The Kier molecular flexibility index (Phi) is 4.86. The van der Waals surface area contributed by atoms with Crippen LogP contribution in [0.15, 0.2) is 60.7 Å². The number of nitrogens with one attached hydrogen (secondary N) is 1. The summed E-state index contributed by atoms with van der Waals surface area (Å²) in [5.74, 6) is -0.399. The lowest BCUT2D eigenvalue weighted by molar-refractivity contribution is -0.114. The number of carbonyl (C=O) groups excluding carboxylic acids is 1. The molecule has 6 heteroatoms. The van der Waals surface area contributed by atoms with Crippen LogP contribution in [0.3, 0.4) is 0 Å². The molecular weight excluding hydrogens is 276 g/mol. The minimum absolute atomic E-state index is 0.269. The first-order chi connectivity index (χ1) is 9.66. The zero-order valence-corrected chi connectivity index (χ0v) is 11.4. The van der Waals surface area contributed by atoms with Gasteiger partial charge in [0, 0.05) is 22.6 Å². The number of amides is 1. The summed E-state index contributed by atoms with van der Waals surface area (Å²) in [4.78, 5) is 11.9. The van der Waals surface area contributed by atoms with Crippen molar-refractivity contribution in [2.24, 2.45) is 0 Å². The zero-order chi connectivity index (χ0) is 14.4. The third kappa shape index (κ3) is 3.91. The smallest absolute Gasteiger partial charge is 0.245 e. The number of carbonyl (C=O) groups is 1. The highest BCUT2D eigenvalue weighted by Crippen LogP contribution is 2.14. The second kappa shape index (κ2) is 6.83. The van der Waals surface area contributed by atoms with E-state index in [4.69, 9.17) is 0 Å². The van der Waals surface area contributed by atoms with Gasteiger partial charge in [-0.15, -0.1) is 0 Å². The van der Waals surface area contributed by atoms with E-state index in [0.29, 0.717) is 11.4 Å². The Morgan fingerprint density at radius 2 is 1.60 bits per heavy atom. The molecule has 20 heavy (non-hydrogen) atoms. The molecule has 1 atom stereocenters. The molecule has 0 spiro atoms. The van der Waals surface area contributed by atoms with Crippen LogP contribution < -0.4 is 9.62 Å². The molecule has 0 fully saturated rings. The van der Waals surface area contributed by atoms with Gasteiger partial charge in [0.05, 0.1) is 0 Å². The largest absolute Gasteiger partial charge is 0.755 e. The van der Waals surface area contributed by atoms with Crippen LogP contribution in [-0.4, -0.2) is 21.2 Å². The summed E-state index contributed by atoms with van der Waals surface area (Å²) < 4.78 is 23.5. The van der Waals surface area contributed by atoms with Crippen LogP contribution in [0.4, 0.5) is 11.4 Å². The molecule has 1 N–H and O–H groups in total. The second-order valence-electron chi connectivity index (χ2n) is 4.00. The van der Waals surface area contributed by atoms with Crippen molar-refractivity contribution in [3.8, 4) is 0 Å². The molecule has 0 saturated carbocycles. The monoisotopic (exact) mass is 289 g/mol. The summed E-state index contributed by atoms with van der Waals surface area (Å²) in [5.41, 5.74) is 1.08. The van der Waals surface area contributed by atoms with E-state index >= 15 is 0 Å². The molecule has 0 aliphatic rings. The Bertz CT molecular complexity index is 590. The standard InChI is InChI=1S/C14H14N2O3S/c17-14(15-12-7-3-1-4-8-12)11-16(20(18)19)13-9-5-2-6-10-13/h1-10H,11H2,(H,15,17)(H,18,19)/p-1. The maximum absolute atomic E-state index is 11.9. The van der Waals surface area contributed by atoms with Gasteiger partial charge in [0.1, 0.15) is 6.54 Å². The van der Waals surface area contributed by atoms with Gasteiger partial charge in [-0.25, -0.2) is 0 Å². The summed E-state index contributed by atoms with van der Waals surface area (Å²) >= 11 is -2.51. The number of anilines is 2. The van der Waals surface area contributed by atoms with Crippen LogP contribution in [0.25, 0.3) is 0 Å². The fraction of sp³-hybridized carbons (Fsp3) is 0.0714. The van der Waals surface area contributed by atoms with E-state index in [1.54, 1.807) is 54.6 Å². The first kappa shape index (κ1) is 14.2. The summed E-state index contributed by atoms with van der Waals surface area (Å²) in [6.45, 7) is -0.269. The molecule has 0 aliphatic heterocycles. The Labute approximate surface area is 119 Å². The molecule has 104 valence electrons. The maximum Gasteiger partial charge on any atom is 0.245 e. The molecule has 0 bridgehead atoms.